The minimum absolute atomic E-state index is 0.386. The molecule has 4 atom stereocenters. The quantitative estimate of drug-likeness (QED) is 0.904. The van der Waals surface area contributed by atoms with Crippen molar-refractivity contribution in [3.8, 4) is 0 Å². The Morgan fingerprint density at radius 2 is 1.95 bits per heavy atom. The fourth-order valence-electron chi connectivity index (χ4n) is 4.31. The average Bonchev–Trinajstić information content (AvgIpc) is 2.49. The Bertz CT molecular complexity index is 392. The molecule has 3 nitrogen and oxygen atoms in total. The van der Waals surface area contributed by atoms with Crippen LogP contribution < -0.4 is 5.32 Å². The van der Waals surface area contributed by atoms with Gasteiger partial charge in [-0.15, -0.1) is 0 Å². The lowest BCUT2D eigenvalue weighted by Gasteiger charge is -2.41. The van der Waals surface area contributed by atoms with Crippen molar-refractivity contribution >= 4 is 0 Å². The van der Waals surface area contributed by atoms with Crippen molar-refractivity contribution in [1.29, 1.82) is 0 Å². The molecule has 0 spiro atoms. The number of fused-ring (bicyclic) bond motifs is 1. The van der Waals surface area contributed by atoms with Crippen LogP contribution in [0.2, 0.25) is 0 Å². The zero-order valence-electron chi connectivity index (χ0n) is 11.9. The highest BCUT2D eigenvalue weighted by atomic mass is 14.9. The van der Waals surface area contributed by atoms with E-state index in [0.29, 0.717) is 6.04 Å². The Labute approximate surface area is 116 Å². The summed E-state index contributed by atoms with van der Waals surface area (Å²) in [6.07, 6.45) is 15.5. The van der Waals surface area contributed by atoms with Crippen LogP contribution in [0.5, 0.6) is 0 Å². The molecule has 0 radical (unpaired) electrons. The summed E-state index contributed by atoms with van der Waals surface area (Å²) >= 11 is 0. The van der Waals surface area contributed by atoms with Gasteiger partial charge in [-0.25, -0.2) is 0 Å². The highest BCUT2D eigenvalue weighted by Gasteiger charge is 2.35. The average molecular weight is 259 g/mol. The second-order valence-corrected chi connectivity index (χ2v) is 6.27. The normalized spacial score (nSPS) is 32.6. The zero-order chi connectivity index (χ0) is 13.1. The third-order valence-electron chi connectivity index (χ3n) is 5.26. The van der Waals surface area contributed by atoms with Crippen molar-refractivity contribution in [3.63, 3.8) is 0 Å². The van der Waals surface area contributed by atoms with Crippen LogP contribution in [-0.4, -0.2) is 17.0 Å². The first-order valence-electron chi connectivity index (χ1n) is 7.81. The summed E-state index contributed by atoms with van der Waals surface area (Å²) in [4.78, 5) is 8.73. The van der Waals surface area contributed by atoms with Gasteiger partial charge < -0.3 is 5.32 Å². The molecule has 3 rings (SSSR count). The largest absolute Gasteiger partial charge is 0.311 e. The Kier molecular flexibility index (Phi) is 4.12. The summed E-state index contributed by atoms with van der Waals surface area (Å²) in [5, 5.41) is 3.48. The molecule has 1 N–H and O–H groups in total. The van der Waals surface area contributed by atoms with Gasteiger partial charge in [0.2, 0.25) is 0 Å². The topological polar surface area (TPSA) is 37.8 Å². The molecule has 0 bridgehead atoms. The van der Waals surface area contributed by atoms with Crippen molar-refractivity contribution in [2.45, 2.75) is 51.0 Å². The molecule has 0 aliphatic heterocycles. The smallest absolute Gasteiger partial charge is 0.0758 e. The van der Waals surface area contributed by atoms with Crippen LogP contribution in [0, 0.1) is 17.8 Å². The van der Waals surface area contributed by atoms with Gasteiger partial charge in [0.15, 0.2) is 0 Å². The molecular weight excluding hydrogens is 234 g/mol. The molecule has 2 saturated carbocycles. The van der Waals surface area contributed by atoms with Crippen LogP contribution in [0.3, 0.4) is 0 Å². The van der Waals surface area contributed by atoms with E-state index in [1.54, 1.807) is 6.20 Å². The summed E-state index contributed by atoms with van der Waals surface area (Å²) in [6.45, 7) is 0. The molecule has 2 aliphatic rings. The third kappa shape index (κ3) is 2.81. The van der Waals surface area contributed by atoms with Gasteiger partial charge in [-0.2, -0.15) is 0 Å². The summed E-state index contributed by atoms with van der Waals surface area (Å²) < 4.78 is 0. The van der Waals surface area contributed by atoms with Crippen LogP contribution in [0.1, 0.15) is 56.7 Å². The second-order valence-electron chi connectivity index (χ2n) is 6.27. The lowest BCUT2D eigenvalue weighted by atomic mass is 9.66. The van der Waals surface area contributed by atoms with Crippen LogP contribution in [0.4, 0.5) is 0 Å². The van der Waals surface area contributed by atoms with E-state index in [-0.39, 0.29) is 0 Å². The molecule has 1 aromatic rings. The predicted molar refractivity (Wildman–Crippen MR) is 76.6 cm³/mol. The summed E-state index contributed by atoms with van der Waals surface area (Å²) in [7, 11) is 2.06. The number of hydrogen-bond acceptors (Lipinski definition) is 3. The maximum absolute atomic E-state index is 4.50. The van der Waals surface area contributed by atoms with E-state index in [0.717, 1.165) is 23.4 Å². The first kappa shape index (κ1) is 13.0. The first-order chi connectivity index (χ1) is 9.38. The lowest BCUT2D eigenvalue weighted by Crippen LogP contribution is -2.34. The minimum Gasteiger partial charge on any atom is -0.311 e. The van der Waals surface area contributed by atoms with E-state index in [9.17, 15) is 0 Å². The monoisotopic (exact) mass is 259 g/mol. The van der Waals surface area contributed by atoms with Gasteiger partial charge in [-0.3, -0.25) is 9.97 Å². The third-order valence-corrected chi connectivity index (χ3v) is 5.26. The highest BCUT2D eigenvalue weighted by molar-refractivity contribution is 5.05. The van der Waals surface area contributed by atoms with Crippen molar-refractivity contribution in [2.24, 2.45) is 17.8 Å². The Morgan fingerprint density at radius 1 is 1.11 bits per heavy atom. The maximum atomic E-state index is 4.50. The number of hydrogen-bond donors (Lipinski definition) is 1. The molecule has 104 valence electrons. The second kappa shape index (κ2) is 6.00. The fraction of sp³-hybridized carbons (Fsp3) is 0.750. The van der Waals surface area contributed by atoms with Gasteiger partial charge in [0, 0.05) is 18.6 Å². The van der Waals surface area contributed by atoms with E-state index in [2.05, 4.69) is 22.3 Å². The SMILES string of the molecule is CNC(c1cnccn1)C1CCC2CCCCC2C1. The molecule has 0 saturated heterocycles. The van der Waals surface area contributed by atoms with Crippen molar-refractivity contribution in [3.05, 3.63) is 24.3 Å². The number of aromatic nitrogens is 2. The molecule has 3 heteroatoms. The Balaban J connectivity index is 1.70. The first-order valence-corrected chi connectivity index (χ1v) is 7.81. The van der Waals surface area contributed by atoms with Gasteiger partial charge in [0.1, 0.15) is 0 Å². The Hall–Kier alpha value is -0.960. The van der Waals surface area contributed by atoms with E-state index in [1.165, 1.54) is 44.9 Å². The highest BCUT2D eigenvalue weighted by Crippen LogP contribution is 2.45. The van der Waals surface area contributed by atoms with Gasteiger partial charge >= 0.3 is 0 Å². The van der Waals surface area contributed by atoms with Crippen LogP contribution >= 0.6 is 0 Å². The minimum atomic E-state index is 0.386. The number of nitrogens with one attached hydrogen (secondary N) is 1. The van der Waals surface area contributed by atoms with Crippen LogP contribution in [-0.2, 0) is 0 Å². The van der Waals surface area contributed by atoms with E-state index >= 15 is 0 Å². The van der Waals surface area contributed by atoms with Crippen LogP contribution in [0.25, 0.3) is 0 Å². The van der Waals surface area contributed by atoms with Gasteiger partial charge in [-0.05, 0) is 44.1 Å². The molecule has 2 aliphatic carbocycles. The molecule has 1 heterocycles. The van der Waals surface area contributed by atoms with E-state index in [1.807, 2.05) is 12.4 Å². The molecule has 1 aromatic heterocycles. The molecule has 0 aromatic carbocycles. The van der Waals surface area contributed by atoms with Crippen molar-refractivity contribution in [2.75, 3.05) is 7.05 Å². The van der Waals surface area contributed by atoms with Gasteiger partial charge in [0.25, 0.3) is 0 Å². The zero-order valence-corrected chi connectivity index (χ0v) is 11.9. The summed E-state index contributed by atoms with van der Waals surface area (Å²) in [5.41, 5.74) is 1.12. The van der Waals surface area contributed by atoms with Crippen LogP contribution in [0.15, 0.2) is 18.6 Å². The lowest BCUT2D eigenvalue weighted by molar-refractivity contribution is 0.110. The summed E-state index contributed by atoms with van der Waals surface area (Å²) in [5.74, 6) is 2.73. The molecule has 2 fully saturated rings. The van der Waals surface area contributed by atoms with E-state index < -0.39 is 0 Å². The number of rotatable bonds is 3. The molecular formula is C16H25N3. The van der Waals surface area contributed by atoms with Gasteiger partial charge in [0.05, 0.1) is 11.7 Å². The van der Waals surface area contributed by atoms with Crippen molar-refractivity contribution < 1.29 is 0 Å². The van der Waals surface area contributed by atoms with E-state index in [4.69, 9.17) is 0 Å². The van der Waals surface area contributed by atoms with Gasteiger partial charge in [-0.1, -0.05) is 25.7 Å². The standard InChI is InChI=1S/C16H25N3/c1-17-16(15-11-18-8-9-19-15)14-7-6-12-4-2-3-5-13(12)10-14/h8-9,11-14,16-17H,2-7,10H2,1H3. The maximum Gasteiger partial charge on any atom is 0.0758 e. The fourth-order valence-corrected chi connectivity index (χ4v) is 4.31. The van der Waals surface area contributed by atoms with Crippen molar-refractivity contribution in [1.82, 2.24) is 15.3 Å². The summed E-state index contributed by atoms with van der Waals surface area (Å²) in [6, 6.07) is 0.386. The molecule has 19 heavy (non-hydrogen) atoms. The molecule has 0 amide bonds. The predicted octanol–water partition coefficient (Wildman–Crippen LogP) is 3.34. The number of nitrogens with zero attached hydrogens (tertiary/aromatic N) is 2. The Morgan fingerprint density at radius 3 is 2.68 bits per heavy atom. The molecule has 4 unspecified atom stereocenters.